The van der Waals surface area contributed by atoms with Gasteiger partial charge in [0, 0.05) is 47.0 Å². The predicted molar refractivity (Wildman–Crippen MR) is 252 cm³/mol. The third-order valence-corrected chi connectivity index (χ3v) is 12.4. The minimum atomic E-state index is -0.858. The average molecular weight is 880 g/mol. The fourth-order valence-corrected chi connectivity index (χ4v) is 8.55. The Balaban J connectivity index is 2.33. The summed E-state index contributed by atoms with van der Waals surface area (Å²) in [7, 11) is 10.2. The summed E-state index contributed by atoms with van der Waals surface area (Å²) < 4.78 is 12.1. The van der Waals surface area contributed by atoms with E-state index in [4.69, 9.17) is 15.2 Å². The molecule has 0 aliphatic heterocycles. The molecule has 0 aliphatic carbocycles. The molecule has 0 saturated carbocycles. The minimum absolute atomic E-state index is 0.0287. The van der Waals surface area contributed by atoms with Crippen LogP contribution in [0.15, 0.2) is 54.6 Å². The van der Waals surface area contributed by atoms with Crippen molar-refractivity contribution in [2.45, 2.75) is 136 Å². The van der Waals surface area contributed by atoms with Gasteiger partial charge in [0.15, 0.2) is 0 Å². The topological polar surface area (TPSA) is 176 Å². The standard InChI is InChI=1S/C49H81N7O7/c1-15-20-39(45(63-14)34(8)46(58)52-38(29-36-21-18-17-19-22-36)47(59)51-28-27-35-23-25-37(50)26-24-35)55(11)41(57)30-40(62-13)44(33(7)16-2)56(12)49(61)42(31(3)4)53-48(60)43(32(5)6)54(9)10/h17-19,21-26,31-34,38-40,42-45H,15-16,20,27-30,50H2,1-14H3,(H,51,59)(H,52,58)(H,53,60)/t33-,34+,38?,39-,40+,42-,43-,44-,45+/m0/s1. The highest BCUT2D eigenvalue weighted by molar-refractivity contribution is 5.90. The maximum absolute atomic E-state index is 14.4. The van der Waals surface area contributed by atoms with Crippen molar-refractivity contribution in [3.05, 3.63) is 65.7 Å². The highest BCUT2D eigenvalue weighted by Crippen LogP contribution is 2.26. The van der Waals surface area contributed by atoms with Gasteiger partial charge in [-0.25, -0.2) is 0 Å². The van der Waals surface area contributed by atoms with E-state index in [0.29, 0.717) is 37.9 Å². The highest BCUT2D eigenvalue weighted by Gasteiger charge is 2.41. The molecule has 354 valence electrons. The van der Waals surface area contributed by atoms with Crippen molar-refractivity contribution >= 4 is 35.2 Å². The van der Waals surface area contributed by atoms with Crippen molar-refractivity contribution < 1.29 is 33.4 Å². The number of nitrogens with two attached hydrogens (primary N) is 1. The molecule has 0 heterocycles. The molecule has 1 unspecified atom stereocenters. The summed E-state index contributed by atoms with van der Waals surface area (Å²) in [6, 6.07) is 14.0. The third-order valence-electron chi connectivity index (χ3n) is 12.4. The Morgan fingerprint density at radius 3 is 1.86 bits per heavy atom. The van der Waals surface area contributed by atoms with Gasteiger partial charge in [-0.05, 0) is 68.0 Å². The molecule has 5 amide bonds. The molecule has 14 heteroatoms. The molecule has 63 heavy (non-hydrogen) atoms. The van der Waals surface area contributed by atoms with Gasteiger partial charge in [0.25, 0.3) is 0 Å². The first-order valence-corrected chi connectivity index (χ1v) is 22.7. The lowest BCUT2D eigenvalue weighted by molar-refractivity contribution is -0.148. The van der Waals surface area contributed by atoms with Crippen molar-refractivity contribution in [1.29, 1.82) is 0 Å². The molecule has 2 rings (SSSR count). The molecule has 2 aromatic rings. The molecule has 0 spiro atoms. The summed E-state index contributed by atoms with van der Waals surface area (Å²) in [6.45, 7) is 16.0. The van der Waals surface area contributed by atoms with Crippen LogP contribution in [0.5, 0.6) is 0 Å². The largest absolute Gasteiger partial charge is 0.399 e. The van der Waals surface area contributed by atoms with Crippen molar-refractivity contribution in [3.63, 3.8) is 0 Å². The maximum atomic E-state index is 14.4. The summed E-state index contributed by atoms with van der Waals surface area (Å²) in [5, 5.41) is 9.05. The molecule has 0 fully saturated rings. The number of benzene rings is 2. The summed E-state index contributed by atoms with van der Waals surface area (Å²) in [5.41, 5.74) is 8.42. The van der Waals surface area contributed by atoms with Gasteiger partial charge < -0.3 is 41.0 Å². The van der Waals surface area contributed by atoms with Crippen LogP contribution in [0, 0.1) is 23.7 Å². The van der Waals surface area contributed by atoms with E-state index >= 15 is 0 Å². The lowest BCUT2D eigenvalue weighted by Crippen LogP contribution is -2.59. The van der Waals surface area contributed by atoms with E-state index in [1.165, 1.54) is 7.11 Å². The van der Waals surface area contributed by atoms with E-state index < -0.39 is 48.3 Å². The van der Waals surface area contributed by atoms with Gasteiger partial charge >= 0.3 is 0 Å². The van der Waals surface area contributed by atoms with Crippen LogP contribution in [0.3, 0.4) is 0 Å². The van der Waals surface area contributed by atoms with E-state index in [1.807, 2.05) is 122 Å². The van der Waals surface area contributed by atoms with Gasteiger partial charge in [0.2, 0.25) is 29.5 Å². The summed E-state index contributed by atoms with van der Waals surface area (Å²) in [6.07, 6.45) is 1.41. The number of rotatable bonds is 27. The van der Waals surface area contributed by atoms with Crippen LogP contribution in [0.2, 0.25) is 0 Å². The van der Waals surface area contributed by atoms with Crippen LogP contribution >= 0.6 is 0 Å². The monoisotopic (exact) mass is 880 g/mol. The molecular formula is C49H81N7O7. The SMILES string of the molecule is CCC[C@@H]([C@H](OC)[C@@H](C)C(=O)NC(Cc1ccccc1)C(=O)NCCc1ccc(N)cc1)N(C)C(=O)C[C@@H](OC)[C@H]([C@@H](C)CC)N(C)C(=O)[C@@H](NC(=O)[C@H](C(C)C)N(C)C)C(C)C. The number of nitrogen functional groups attached to an aromatic ring is 1. The molecule has 5 N–H and O–H groups in total. The Morgan fingerprint density at radius 1 is 0.730 bits per heavy atom. The summed E-state index contributed by atoms with van der Waals surface area (Å²) in [4.78, 5) is 75.2. The molecule has 0 saturated heterocycles. The molecule has 0 radical (unpaired) electrons. The Hall–Kier alpha value is -4.53. The Morgan fingerprint density at radius 2 is 1.35 bits per heavy atom. The number of nitrogens with zero attached hydrogens (tertiary/aromatic N) is 3. The lowest BCUT2D eigenvalue weighted by Gasteiger charge is -2.41. The third kappa shape index (κ3) is 16.2. The predicted octanol–water partition coefficient (Wildman–Crippen LogP) is 4.94. The lowest BCUT2D eigenvalue weighted by atomic mass is 9.89. The maximum Gasteiger partial charge on any atom is 0.245 e. The summed E-state index contributed by atoms with van der Waals surface area (Å²) >= 11 is 0. The number of anilines is 1. The van der Waals surface area contributed by atoms with Crippen molar-refractivity contribution in [3.8, 4) is 0 Å². The zero-order chi connectivity index (χ0) is 47.6. The number of nitrogens with one attached hydrogen (secondary N) is 3. The Labute approximate surface area is 378 Å². The number of hydrogen-bond donors (Lipinski definition) is 4. The van der Waals surface area contributed by atoms with Gasteiger partial charge in [0.1, 0.15) is 12.1 Å². The van der Waals surface area contributed by atoms with E-state index in [0.717, 1.165) is 11.1 Å². The van der Waals surface area contributed by atoms with E-state index in [2.05, 4.69) is 16.0 Å². The normalized spacial score (nSPS) is 16.0. The zero-order valence-corrected chi connectivity index (χ0v) is 40.8. The molecule has 0 bridgehead atoms. The second-order valence-corrected chi connectivity index (χ2v) is 18.1. The van der Waals surface area contributed by atoms with Crippen molar-refractivity contribution in [2.75, 3.05) is 54.7 Å². The Kier molecular flexibility index (Phi) is 23.4. The number of amides is 5. The van der Waals surface area contributed by atoms with Crippen molar-refractivity contribution in [1.82, 2.24) is 30.7 Å². The molecule has 9 atom stereocenters. The number of hydrogen-bond acceptors (Lipinski definition) is 9. The number of carbonyl (C=O) groups excluding carboxylic acids is 5. The second-order valence-electron chi connectivity index (χ2n) is 18.1. The first-order chi connectivity index (χ1) is 29.7. The van der Waals surface area contributed by atoms with Crippen molar-refractivity contribution in [2.24, 2.45) is 23.7 Å². The molecule has 0 aliphatic rings. The number of likely N-dealkylation sites (N-methyl/N-ethyl adjacent to an activating group) is 3. The molecular weight excluding hydrogens is 799 g/mol. The first-order valence-electron chi connectivity index (χ1n) is 22.7. The zero-order valence-electron chi connectivity index (χ0n) is 40.8. The van der Waals surface area contributed by atoms with Gasteiger partial charge in [0.05, 0.1) is 42.7 Å². The van der Waals surface area contributed by atoms with Crippen LogP contribution in [0.25, 0.3) is 0 Å². The highest BCUT2D eigenvalue weighted by atomic mass is 16.5. The van der Waals surface area contributed by atoms with Gasteiger partial charge in [-0.2, -0.15) is 0 Å². The fourth-order valence-electron chi connectivity index (χ4n) is 8.55. The average Bonchev–Trinajstić information content (AvgIpc) is 3.24. The number of ether oxygens (including phenoxy) is 2. The quantitative estimate of drug-likeness (QED) is 0.0907. The fraction of sp³-hybridized carbons (Fsp3) is 0.653. The van der Waals surface area contributed by atoms with E-state index in [9.17, 15) is 24.0 Å². The molecule has 0 aromatic heterocycles. The van der Waals surface area contributed by atoms with Crippen LogP contribution < -0.4 is 21.7 Å². The molecule has 2 aromatic carbocycles. The Bertz CT molecular complexity index is 1700. The van der Waals surface area contributed by atoms with Gasteiger partial charge in [-0.3, -0.25) is 28.9 Å². The minimum Gasteiger partial charge on any atom is -0.399 e. The summed E-state index contributed by atoms with van der Waals surface area (Å²) in [5.74, 6) is -2.35. The second kappa shape index (κ2) is 26.9. The van der Waals surface area contributed by atoms with Crippen LogP contribution in [-0.2, 0) is 46.3 Å². The van der Waals surface area contributed by atoms with E-state index in [1.54, 1.807) is 37.9 Å². The number of methoxy groups -OCH3 is 2. The number of carbonyl (C=O) groups is 5. The first kappa shape index (κ1) is 54.6. The smallest absolute Gasteiger partial charge is 0.245 e. The van der Waals surface area contributed by atoms with E-state index in [-0.39, 0.29) is 60.1 Å². The molecule has 14 nitrogen and oxygen atoms in total. The van der Waals surface area contributed by atoms with Gasteiger partial charge in [-0.15, -0.1) is 0 Å². The van der Waals surface area contributed by atoms with Gasteiger partial charge in [-0.1, -0.05) is 111 Å². The van der Waals surface area contributed by atoms with Crippen LogP contribution in [0.4, 0.5) is 5.69 Å². The van der Waals surface area contributed by atoms with Crippen LogP contribution in [0.1, 0.15) is 92.2 Å². The van der Waals surface area contributed by atoms with Crippen LogP contribution in [-0.4, -0.2) is 136 Å².